The molecule has 3 heterocycles. The molecule has 0 unspecified atom stereocenters. The Bertz CT molecular complexity index is 804. The van der Waals surface area contributed by atoms with Crippen LogP contribution in [0.15, 0.2) is 6.07 Å². The number of hydrogen-bond acceptors (Lipinski definition) is 5. The molecule has 1 saturated heterocycles. The van der Waals surface area contributed by atoms with Crippen molar-refractivity contribution in [3.05, 3.63) is 22.9 Å². The first-order valence-electron chi connectivity index (χ1n) is 9.99. The molecule has 150 valence electrons. The zero-order valence-electron chi connectivity index (χ0n) is 16.1. The number of hydrogen-bond donors (Lipinski definition) is 2. The Hall–Kier alpha value is -2.64. The Morgan fingerprint density at radius 1 is 1.32 bits per heavy atom. The van der Waals surface area contributed by atoms with Gasteiger partial charge in [-0.05, 0) is 25.3 Å². The summed E-state index contributed by atoms with van der Waals surface area (Å²) in [5.41, 5.74) is 2.05. The van der Waals surface area contributed by atoms with Crippen LogP contribution in [0.5, 0.6) is 5.88 Å². The van der Waals surface area contributed by atoms with Gasteiger partial charge in [0, 0.05) is 37.0 Å². The number of methoxy groups -OCH3 is 1. The van der Waals surface area contributed by atoms with Crippen molar-refractivity contribution < 1.29 is 19.1 Å². The lowest BCUT2D eigenvalue weighted by molar-refractivity contribution is -0.121. The van der Waals surface area contributed by atoms with Gasteiger partial charge in [-0.1, -0.05) is 12.8 Å². The molecule has 0 aromatic carbocycles. The summed E-state index contributed by atoms with van der Waals surface area (Å²) in [5.74, 6) is 0.314. The molecule has 2 aliphatic heterocycles. The van der Waals surface area contributed by atoms with Gasteiger partial charge in [-0.25, -0.2) is 4.98 Å². The third kappa shape index (κ3) is 3.68. The molecule has 1 aromatic rings. The van der Waals surface area contributed by atoms with E-state index in [-0.39, 0.29) is 36.7 Å². The second kappa shape index (κ2) is 7.77. The fourth-order valence-corrected chi connectivity index (χ4v) is 4.40. The predicted molar refractivity (Wildman–Crippen MR) is 101 cm³/mol. The normalized spacial score (nSPS) is 21.8. The third-order valence-corrected chi connectivity index (χ3v) is 5.90. The van der Waals surface area contributed by atoms with Gasteiger partial charge in [0.2, 0.25) is 17.7 Å². The van der Waals surface area contributed by atoms with Crippen molar-refractivity contribution in [2.24, 2.45) is 0 Å². The highest BCUT2D eigenvalue weighted by atomic mass is 16.5. The van der Waals surface area contributed by atoms with E-state index in [1.165, 1.54) is 12.8 Å². The van der Waals surface area contributed by atoms with E-state index in [0.29, 0.717) is 42.4 Å². The molecule has 28 heavy (non-hydrogen) atoms. The Kier molecular flexibility index (Phi) is 5.19. The summed E-state index contributed by atoms with van der Waals surface area (Å²) in [5, 5.41) is 5.64. The summed E-state index contributed by atoms with van der Waals surface area (Å²) in [6.07, 6.45) is 5.85. The Morgan fingerprint density at radius 2 is 2.11 bits per heavy atom. The van der Waals surface area contributed by atoms with E-state index >= 15 is 0 Å². The van der Waals surface area contributed by atoms with Gasteiger partial charge in [-0.15, -0.1) is 0 Å². The minimum Gasteiger partial charge on any atom is -0.481 e. The van der Waals surface area contributed by atoms with Crippen LogP contribution in [-0.4, -0.2) is 46.8 Å². The van der Waals surface area contributed by atoms with Crippen LogP contribution in [0.25, 0.3) is 0 Å². The number of ether oxygens (including phenoxy) is 1. The topological polar surface area (TPSA) is 101 Å². The molecule has 0 radical (unpaired) electrons. The molecule has 1 saturated carbocycles. The number of fused-ring (bicyclic) bond motifs is 1. The van der Waals surface area contributed by atoms with Gasteiger partial charge in [0.05, 0.1) is 24.9 Å². The highest BCUT2D eigenvalue weighted by Crippen LogP contribution is 2.33. The SMILES string of the molecule is COc1nc2c(cc1CNC(=O)C[C@H]1CCC(=O)N1)C(=O)N(C1CCCC1)C2. The van der Waals surface area contributed by atoms with E-state index in [2.05, 4.69) is 15.6 Å². The van der Waals surface area contributed by atoms with Gasteiger partial charge >= 0.3 is 0 Å². The van der Waals surface area contributed by atoms with E-state index in [1.54, 1.807) is 13.2 Å². The number of aromatic nitrogens is 1. The molecule has 1 aromatic heterocycles. The quantitative estimate of drug-likeness (QED) is 0.767. The number of rotatable bonds is 6. The van der Waals surface area contributed by atoms with Crippen molar-refractivity contribution in [3.8, 4) is 5.88 Å². The zero-order chi connectivity index (χ0) is 19.7. The zero-order valence-corrected chi connectivity index (χ0v) is 16.1. The van der Waals surface area contributed by atoms with Crippen LogP contribution in [0, 0.1) is 0 Å². The van der Waals surface area contributed by atoms with Gasteiger partial charge in [0.15, 0.2) is 0 Å². The molecule has 0 bridgehead atoms. The summed E-state index contributed by atoms with van der Waals surface area (Å²) in [7, 11) is 1.54. The van der Waals surface area contributed by atoms with E-state index in [1.807, 2.05) is 4.90 Å². The Labute approximate surface area is 164 Å². The number of nitrogens with zero attached hydrogens (tertiary/aromatic N) is 2. The second-order valence-corrected chi connectivity index (χ2v) is 7.81. The lowest BCUT2D eigenvalue weighted by Crippen LogP contribution is -2.33. The summed E-state index contributed by atoms with van der Waals surface area (Å²) in [4.78, 5) is 42.8. The largest absolute Gasteiger partial charge is 0.481 e. The fourth-order valence-electron chi connectivity index (χ4n) is 4.40. The average molecular weight is 386 g/mol. The molecule has 3 aliphatic rings. The van der Waals surface area contributed by atoms with Gasteiger partial charge in [0.1, 0.15) is 0 Å². The second-order valence-electron chi connectivity index (χ2n) is 7.81. The van der Waals surface area contributed by atoms with Crippen LogP contribution >= 0.6 is 0 Å². The summed E-state index contributed by atoms with van der Waals surface area (Å²) < 4.78 is 5.40. The lowest BCUT2D eigenvalue weighted by Gasteiger charge is -2.22. The van der Waals surface area contributed by atoms with Crippen LogP contribution in [0.2, 0.25) is 0 Å². The van der Waals surface area contributed by atoms with E-state index in [4.69, 9.17) is 4.74 Å². The van der Waals surface area contributed by atoms with E-state index < -0.39 is 0 Å². The summed E-state index contributed by atoms with van der Waals surface area (Å²) in [6.45, 7) is 0.767. The van der Waals surface area contributed by atoms with Crippen LogP contribution < -0.4 is 15.4 Å². The van der Waals surface area contributed by atoms with Crippen molar-refractivity contribution in [3.63, 3.8) is 0 Å². The first-order valence-corrected chi connectivity index (χ1v) is 9.99. The minimum absolute atomic E-state index is 0.00683. The summed E-state index contributed by atoms with van der Waals surface area (Å²) >= 11 is 0. The average Bonchev–Trinajstić information content (AvgIpc) is 3.41. The number of amides is 3. The van der Waals surface area contributed by atoms with Crippen molar-refractivity contribution in [1.29, 1.82) is 0 Å². The third-order valence-electron chi connectivity index (χ3n) is 5.90. The first-order chi connectivity index (χ1) is 13.5. The van der Waals surface area contributed by atoms with E-state index in [9.17, 15) is 14.4 Å². The van der Waals surface area contributed by atoms with Crippen molar-refractivity contribution in [1.82, 2.24) is 20.5 Å². The highest BCUT2D eigenvalue weighted by molar-refractivity contribution is 5.98. The molecule has 1 aliphatic carbocycles. The number of carbonyl (C=O) groups is 3. The predicted octanol–water partition coefficient (Wildman–Crippen LogP) is 1.27. The van der Waals surface area contributed by atoms with Crippen molar-refractivity contribution >= 4 is 17.7 Å². The van der Waals surface area contributed by atoms with Crippen LogP contribution in [0.3, 0.4) is 0 Å². The van der Waals surface area contributed by atoms with E-state index in [0.717, 1.165) is 18.5 Å². The van der Waals surface area contributed by atoms with Crippen LogP contribution in [0.1, 0.15) is 66.6 Å². The molecular formula is C20H26N4O4. The van der Waals surface area contributed by atoms with Crippen LogP contribution in [-0.2, 0) is 22.7 Å². The van der Waals surface area contributed by atoms with Gasteiger partial charge < -0.3 is 20.3 Å². The molecule has 2 N–H and O–H groups in total. The van der Waals surface area contributed by atoms with Crippen LogP contribution in [0.4, 0.5) is 0 Å². The molecule has 8 heteroatoms. The van der Waals surface area contributed by atoms with Gasteiger partial charge in [0.25, 0.3) is 5.91 Å². The lowest BCUT2D eigenvalue weighted by atomic mass is 10.1. The van der Waals surface area contributed by atoms with Crippen molar-refractivity contribution in [2.45, 2.75) is 70.1 Å². The maximum atomic E-state index is 12.9. The first kappa shape index (κ1) is 18.7. The molecular weight excluding hydrogens is 360 g/mol. The number of pyridine rings is 1. The molecule has 2 fully saturated rings. The monoisotopic (exact) mass is 386 g/mol. The number of carbonyl (C=O) groups excluding carboxylic acids is 3. The standard InChI is InChI=1S/C20H26N4O4/c1-28-19-12(10-21-18(26)9-13-6-7-17(25)22-13)8-15-16(23-19)11-24(20(15)27)14-4-2-3-5-14/h8,13-14H,2-7,9-11H2,1H3,(H,21,26)(H,22,25)/t13-/m1/s1. The Balaban J connectivity index is 1.43. The minimum atomic E-state index is -0.145. The molecule has 3 amide bonds. The molecule has 0 spiro atoms. The Morgan fingerprint density at radius 3 is 2.79 bits per heavy atom. The summed E-state index contributed by atoms with van der Waals surface area (Å²) in [6, 6.07) is 2.00. The molecule has 1 atom stereocenters. The smallest absolute Gasteiger partial charge is 0.256 e. The van der Waals surface area contributed by atoms with Gasteiger partial charge in [-0.2, -0.15) is 0 Å². The highest BCUT2D eigenvalue weighted by Gasteiger charge is 2.36. The maximum absolute atomic E-state index is 12.9. The molecule has 8 nitrogen and oxygen atoms in total. The van der Waals surface area contributed by atoms with Crippen molar-refractivity contribution in [2.75, 3.05) is 7.11 Å². The van der Waals surface area contributed by atoms with Gasteiger partial charge in [-0.3, -0.25) is 14.4 Å². The number of nitrogens with one attached hydrogen (secondary N) is 2. The fraction of sp³-hybridized carbons (Fsp3) is 0.600. The molecule has 4 rings (SSSR count). The maximum Gasteiger partial charge on any atom is 0.256 e.